The highest BCUT2D eigenvalue weighted by Crippen LogP contribution is 2.22. The molecule has 0 atom stereocenters. The number of anilines is 1. The highest BCUT2D eigenvalue weighted by atomic mass is 16.5. The fourth-order valence-electron chi connectivity index (χ4n) is 0.987. The lowest BCUT2D eigenvalue weighted by molar-refractivity contribution is -0.115. The number of benzene rings is 1. The molecule has 1 rings (SSSR count). The molecule has 0 aliphatic rings. The van der Waals surface area contributed by atoms with Gasteiger partial charge >= 0.3 is 0 Å². The number of carbonyl (C=O) groups excluding carboxylic acids is 1. The minimum absolute atomic E-state index is 0. The molecule has 0 saturated heterocycles. The van der Waals surface area contributed by atoms with Crippen LogP contribution in [0.15, 0.2) is 24.3 Å². The molecule has 13 heavy (non-hydrogen) atoms. The number of para-hydroxylation sites is 2. The Balaban J connectivity index is 0.00000169. The molecule has 72 valence electrons. The smallest absolute Gasteiger partial charge is 0.224 e. The molecule has 0 aliphatic carbocycles. The fourth-order valence-corrected chi connectivity index (χ4v) is 0.987. The Bertz CT molecular complexity index is 302. The first-order valence-electron chi connectivity index (χ1n) is 4.20. The highest BCUT2D eigenvalue weighted by Gasteiger charge is 2.03. The van der Waals surface area contributed by atoms with E-state index in [1.165, 1.54) is 0 Å². The summed E-state index contributed by atoms with van der Waals surface area (Å²) in [7, 11) is 1.58. The molecule has 3 nitrogen and oxygen atoms in total. The van der Waals surface area contributed by atoms with E-state index >= 15 is 0 Å². The third kappa shape index (κ3) is 2.47. The van der Waals surface area contributed by atoms with Gasteiger partial charge in [0.25, 0.3) is 0 Å². The molecule has 3 heteroatoms. The summed E-state index contributed by atoms with van der Waals surface area (Å²) in [5.74, 6) is 0.675. The molecule has 1 N–H and O–H groups in total. The summed E-state index contributed by atoms with van der Waals surface area (Å²) >= 11 is 0. The molecule has 1 aromatic rings. The SMILES string of the molecule is CCC(=O)Nc1ccccc1OC.[HH]. The Hall–Kier alpha value is -1.51. The van der Waals surface area contributed by atoms with Crippen LogP contribution >= 0.6 is 0 Å². The minimum atomic E-state index is -0.00972. The Labute approximate surface area is 79.2 Å². The Morgan fingerprint density at radius 2 is 2.23 bits per heavy atom. The van der Waals surface area contributed by atoms with E-state index in [-0.39, 0.29) is 7.33 Å². The molecule has 0 unspecified atom stereocenters. The van der Waals surface area contributed by atoms with Gasteiger partial charge in [0.1, 0.15) is 5.75 Å². The van der Waals surface area contributed by atoms with E-state index in [2.05, 4.69) is 5.32 Å². The number of methoxy groups -OCH3 is 1. The lowest BCUT2D eigenvalue weighted by Gasteiger charge is -2.08. The molecule has 1 amide bonds. The van der Waals surface area contributed by atoms with Gasteiger partial charge in [-0.1, -0.05) is 19.1 Å². The van der Waals surface area contributed by atoms with Crippen LogP contribution < -0.4 is 10.1 Å². The van der Waals surface area contributed by atoms with Gasteiger partial charge in [-0.25, -0.2) is 0 Å². The van der Waals surface area contributed by atoms with Gasteiger partial charge in [0, 0.05) is 7.85 Å². The van der Waals surface area contributed by atoms with Crippen LogP contribution in [0.1, 0.15) is 14.8 Å². The predicted molar refractivity (Wildman–Crippen MR) is 54.0 cm³/mol. The van der Waals surface area contributed by atoms with Gasteiger partial charge in [-0.15, -0.1) is 0 Å². The molecule has 0 radical (unpaired) electrons. The third-order valence-corrected chi connectivity index (χ3v) is 1.70. The van der Waals surface area contributed by atoms with Crippen molar-refractivity contribution in [3.63, 3.8) is 0 Å². The van der Waals surface area contributed by atoms with Crippen LogP contribution in [-0.2, 0) is 4.79 Å². The van der Waals surface area contributed by atoms with Gasteiger partial charge in [-0.05, 0) is 12.1 Å². The number of carbonyl (C=O) groups is 1. The predicted octanol–water partition coefficient (Wildman–Crippen LogP) is 2.29. The van der Waals surface area contributed by atoms with E-state index in [1.807, 2.05) is 31.2 Å². The topological polar surface area (TPSA) is 38.3 Å². The van der Waals surface area contributed by atoms with Crippen molar-refractivity contribution in [3.8, 4) is 5.75 Å². The van der Waals surface area contributed by atoms with E-state index in [9.17, 15) is 4.79 Å². The minimum Gasteiger partial charge on any atom is -0.495 e. The normalized spacial score (nSPS) is 9.38. The van der Waals surface area contributed by atoms with Crippen molar-refractivity contribution in [2.45, 2.75) is 13.3 Å². The molecule has 0 aliphatic heterocycles. The van der Waals surface area contributed by atoms with Crippen LogP contribution in [0.2, 0.25) is 0 Å². The number of amides is 1. The monoisotopic (exact) mass is 181 g/mol. The quantitative estimate of drug-likeness (QED) is 0.777. The summed E-state index contributed by atoms with van der Waals surface area (Å²) in [6.07, 6.45) is 0.470. The summed E-state index contributed by atoms with van der Waals surface area (Å²) in [4.78, 5) is 11.1. The summed E-state index contributed by atoms with van der Waals surface area (Å²) in [6.45, 7) is 1.81. The molecule has 0 fully saturated rings. The Morgan fingerprint density at radius 1 is 1.54 bits per heavy atom. The van der Waals surface area contributed by atoms with Crippen LogP contribution in [0.5, 0.6) is 5.75 Å². The van der Waals surface area contributed by atoms with Crippen molar-refractivity contribution in [3.05, 3.63) is 24.3 Å². The van der Waals surface area contributed by atoms with E-state index in [0.29, 0.717) is 12.2 Å². The zero-order chi connectivity index (χ0) is 9.68. The van der Waals surface area contributed by atoms with Crippen molar-refractivity contribution in [2.75, 3.05) is 12.4 Å². The lowest BCUT2D eigenvalue weighted by Crippen LogP contribution is -2.10. The second-order valence-corrected chi connectivity index (χ2v) is 2.60. The third-order valence-electron chi connectivity index (χ3n) is 1.70. The van der Waals surface area contributed by atoms with Crippen LogP contribution in [-0.4, -0.2) is 13.0 Å². The van der Waals surface area contributed by atoms with Gasteiger partial charge in [0.15, 0.2) is 0 Å². The van der Waals surface area contributed by atoms with Crippen molar-refractivity contribution in [1.82, 2.24) is 0 Å². The number of hydrogen-bond donors (Lipinski definition) is 1. The summed E-state index contributed by atoms with van der Waals surface area (Å²) < 4.78 is 5.08. The number of ether oxygens (including phenoxy) is 1. The van der Waals surface area contributed by atoms with Crippen molar-refractivity contribution >= 4 is 11.6 Å². The Kier molecular flexibility index (Phi) is 3.31. The maximum Gasteiger partial charge on any atom is 0.224 e. The number of hydrogen-bond acceptors (Lipinski definition) is 2. The standard InChI is InChI=1S/C10H13NO2.H2/c1-3-10(12)11-8-6-4-5-7-9(8)13-2;/h4-7H,3H2,1-2H3,(H,11,12);1H. The summed E-state index contributed by atoms with van der Waals surface area (Å²) in [6, 6.07) is 7.34. The van der Waals surface area contributed by atoms with E-state index < -0.39 is 0 Å². The van der Waals surface area contributed by atoms with Crippen molar-refractivity contribution < 1.29 is 11.0 Å². The van der Waals surface area contributed by atoms with Crippen LogP contribution in [0, 0.1) is 0 Å². The average Bonchev–Trinajstić information content (AvgIpc) is 2.18. The summed E-state index contributed by atoms with van der Waals surface area (Å²) in [5.41, 5.74) is 0.719. The maximum absolute atomic E-state index is 11.1. The number of nitrogens with one attached hydrogen (secondary N) is 1. The summed E-state index contributed by atoms with van der Waals surface area (Å²) in [5, 5.41) is 2.75. The first kappa shape index (κ1) is 9.58. The molecular weight excluding hydrogens is 166 g/mol. The lowest BCUT2D eigenvalue weighted by atomic mass is 10.3. The van der Waals surface area contributed by atoms with Crippen LogP contribution in [0.25, 0.3) is 0 Å². The van der Waals surface area contributed by atoms with E-state index in [0.717, 1.165) is 5.69 Å². The first-order valence-corrected chi connectivity index (χ1v) is 4.20. The zero-order valence-electron chi connectivity index (χ0n) is 7.83. The van der Waals surface area contributed by atoms with E-state index in [4.69, 9.17) is 4.74 Å². The molecular formula is C10H15NO2. The molecule has 0 bridgehead atoms. The molecule has 0 aromatic heterocycles. The second-order valence-electron chi connectivity index (χ2n) is 2.60. The number of rotatable bonds is 3. The molecule has 0 saturated carbocycles. The average molecular weight is 181 g/mol. The molecule has 0 heterocycles. The van der Waals surface area contributed by atoms with Crippen molar-refractivity contribution in [2.24, 2.45) is 0 Å². The van der Waals surface area contributed by atoms with E-state index in [1.54, 1.807) is 7.11 Å². The van der Waals surface area contributed by atoms with Gasteiger partial charge in [-0.2, -0.15) is 0 Å². The second kappa shape index (κ2) is 4.50. The molecule has 0 spiro atoms. The van der Waals surface area contributed by atoms with Crippen LogP contribution in [0.4, 0.5) is 5.69 Å². The largest absolute Gasteiger partial charge is 0.495 e. The highest BCUT2D eigenvalue weighted by molar-refractivity contribution is 5.91. The van der Waals surface area contributed by atoms with Crippen molar-refractivity contribution in [1.29, 1.82) is 0 Å². The van der Waals surface area contributed by atoms with Gasteiger partial charge in [0.05, 0.1) is 12.8 Å². The maximum atomic E-state index is 11.1. The zero-order valence-corrected chi connectivity index (χ0v) is 7.83. The van der Waals surface area contributed by atoms with Gasteiger partial charge < -0.3 is 10.1 Å². The van der Waals surface area contributed by atoms with Crippen LogP contribution in [0.3, 0.4) is 0 Å². The van der Waals surface area contributed by atoms with Gasteiger partial charge in [-0.3, -0.25) is 4.79 Å². The fraction of sp³-hybridized carbons (Fsp3) is 0.300. The molecule has 1 aromatic carbocycles. The van der Waals surface area contributed by atoms with Gasteiger partial charge in [0.2, 0.25) is 5.91 Å². The first-order chi connectivity index (χ1) is 6.27. The Morgan fingerprint density at radius 3 is 2.85 bits per heavy atom.